The van der Waals surface area contributed by atoms with E-state index in [4.69, 9.17) is 9.47 Å². The number of benzene rings is 4. The van der Waals surface area contributed by atoms with Crippen LogP contribution < -0.4 is 14.4 Å². The van der Waals surface area contributed by atoms with E-state index in [0.29, 0.717) is 19.4 Å². The number of carboxylic acid groups (broad SMARTS) is 1. The molecule has 0 atom stereocenters. The number of para-hydroxylation sites is 2. The summed E-state index contributed by atoms with van der Waals surface area (Å²) in [5.74, 6) is 1.12. The second-order valence-electron chi connectivity index (χ2n) is 10.3. The highest BCUT2D eigenvalue weighted by atomic mass is 16.7. The summed E-state index contributed by atoms with van der Waals surface area (Å²) < 4.78 is 11.4. The molecule has 0 aliphatic carbocycles. The number of hydrogen-bond donors (Lipinski definition) is 2. The first-order valence-electron chi connectivity index (χ1n) is 13.8. The molecule has 0 radical (unpaired) electrons. The Balaban J connectivity index is 1.29. The van der Waals surface area contributed by atoms with Gasteiger partial charge < -0.3 is 29.4 Å². The number of piperazine rings is 1. The Morgan fingerprint density at radius 2 is 1.55 bits per heavy atom. The average molecular weight is 536 g/mol. The smallest absolute Gasteiger partial charge is 0.493 e. The molecule has 4 aromatic carbocycles. The molecule has 1 saturated heterocycles. The van der Waals surface area contributed by atoms with Gasteiger partial charge in [0, 0.05) is 59.3 Å². The Hall–Kier alpha value is -4.49. The van der Waals surface area contributed by atoms with Crippen molar-refractivity contribution in [2.24, 2.45) is 0 Å². The highest BCUT2D eigenvalue weighted by Crippen LogP contribution is 2.39. The fourth-order valence-electron chi connectivity index (χ4n) is 5.67. The number of aromatic nitrogens is 1. The van der Waals surface area contributed by atoms with Gasteiger partial charge in [0.25, 0.3) is 0 Å². The molecule has 1 aliphatic rings. The Bertz CT molecular complexity index is 1650. The van der Waals surface area contributed by atoms with E-state index in [-0.39, 0.29) is 5.88 Å². The van der Waals surface area contributed by atoms with Gasteiger partial charge in [-0.3, -0.25) is 0 Å². The molecule has 40 heavy (non-hydrogen) atoms. The van der Waals surface area contributed by atoms with E-state index in [2.05, 4.69) is 70.4 Å². The standard InChI is InChI=1S/C33H33N3O4/c1-35-18-20-36(21-19-35)29-16-5-4-12-25(29)26-13-7-14-27-28(32(34-31(26)27)40-33(37)38)15-8-22-39-30-17-6-10-23-9-2-3-11-24(23)30/h2-7,9-14,16-17,34H,8,15,18-22H2,1H3,(H,37,38). The number of fused-ring (bicyclic) bond motifs is 2. The summed E-state index contributed by atoms with van der Waals surface area (Å²) in [5.41, 5.74) is 5.05. The Morgan fingerprint density at radius 3 is 2.40 bits per heavy atom. The lowest BCUT2D eigenvalue weighted by Crippen LogP contribution is -2.44. The summed E-state index contributed by atoms with van der Waals surface area (Å²) in [6, 6.07) is 28.8. The summed E-state index contributed by atoms with van der Waals surface area (Å²) in [4.78, 5) is 19.7. The Kier molecular flexibility index (Phi) is 7.29. The van der Waals surface area contributed by atoms with Crippen molar-refractivity contribution in [3.05, 3.63) is 90.5 Å². The zero-order chi connectivity index (χ0) is 27.5. The zero-order valence-corrected chi connectivity index (χ0v) is 22.6. The fraction of sp³-hybridized carbons (Fsp3) is 0.242. The van der Waals surface area contributed by atoms with Gasteiger partial charge in [0.1, 0.15) is 5.75 Å². The monoisotopic (exact) mass is 535 g/mol. The van der Waals surface area contributed by atoms with Gasteiger partial charge in [0.15, 0.2) is 0 Å². The summed E-state index contributed by atoms with van der Waals surface area (Å²) in [6.07, 6.45) is -0.0234. The molecule has 0 spiro atoms. The molecular weight excluding hydrogens is 502 g/mol. The maximum absolute atomic E-state index is 11.6. The van der Waals surface area contributed by atoms with Crippen LogP contribution in [0.15, 0.2) is 84.9 Å². The van der Waals surface area contributed by atoms with Crippen molar-refractivity contribution in [3.63, 3.8) is 0 Å². The number of anilines is 1. The molecule has 7 heteroatoms. The van der Waals surface area contributed by atoms with Crippen LogP contribution in [0.25, 0.3) is 32.8 Å². The number of rotatable bonds is 8. The van der Waals surface area contributed by atoms with Crippen LogP contribution in [0.1, 0.15) is 12.0 Å². The van der Waals surface area contributed by atoms with Crippen LogP contribution in [-0.4, -0.2) is 61.0 Å². The molecule has 6 rings (SSSR count). The second kappa shape index (κ2) is 11.3. The molecule has 0 unspecified atom stereocenters. The van der Waals surface area contributed by atoms with Crippen LogP contribution >= 0.6 is 0 Å². The van der Waals surface area contributed by atoms with E-state index in [9.17, 15) is 9.90 Å². The molecule has 204 valence electrons. The van der Waals surface area contributed by atoms with Gasteiger partial charge in [0.05, 0.1) is 12.1 Å². The molecule has 0 saturated carbocycles. The van der Waals surface area contributed by atoms with Crippen molar-refractivity contribution in [2.75, 3.05) is 44.7 Å². The van der Waals surface area contributed by atoms with Crippen molar-refractivity contribution in [1.82, 2.24) is 9.88 Å². The number of nitrogens with one attached hydrogen (secondary N) is 1. The van der Waals surface area contributed by atoms with Gasteiger partial charge >= 0.3 is 6.16 Å². The van der Waals surface area contributed by atoms with Crippen LogP contribution in [0.5, 0.6) is 11.6 Å². The predicted octanol–water partition coefficient (Wildman–Crippen LogP) is 6.81. The summed E-state index contributed by atoms with van der Waals surface area (Å²) >= 11 is 0. The molecular formula is C33H33N3O4. The maximum atomic E-state index is 11.6. The highest BCUT2D eigenvalue weighted by molar-refractivity contribution is 6.00. The average Bonchev–Trinajstić information content (AvgIpc) is 3.32. The van der Waals surface area contributed by atoms with Gasteiger partial charge in [-0.25, -0.2) is 4.79 Å². The van der Waals surface area contributed by atoms with Crippen LogP contribution in [0.2, 0.25) is 0 Å². The lowest BCUT2D eigenvalue weighted by Gasteiger charge is -2.35. The molecule has 5 aromatic rings. The van der Waals surface area contributed by atoms with Crippen molar-refractivity contribution in [1.29, 1.82) is 0 Å². The third-order valence-electron chi connectivity index (χ3n) is 7.71. The number of H-pyrrole nitrogens is 1. The van der Waals surface area contributed by atoms with Gasteiger partial charge in [-0.15, -0.1) is 0 Å². The number of aryl methyl sites for hydroxylation is 1. The van der Waals surface area contributed by atoms with Crippen LogP contribution in [0.3, 0.4) is 0 Å². The van der Waals surface area contributed by atoms with Gasteiger partial charge in [0.2, 0.25) is 5.88 Å². The first kappa shape index (κ1) is 25.8. The normalized spacial score (nSPS) is 14.1. The highest BCUT2D eigenvalue weighted by Gasteiger charge is 2.22. The quantitative estimate of drug-likeness (QED) is 0.168. The van der Waals surface area contributed by atoms with Crippen LogP contribution in [0, 0.1) is 0 Å². The zero-order valence-electron chi connectivity index (χ0n) is 22.6. The minimum Gasteiger partial charge on any atom is -0.493 e. The van der Waals surface area contributed by atoms with E-state index in [1.807, 2.05) is 36.4 Å². The number of carbonyl (C=O) groups is 1. The first-order valence-corrected chi connectivity index (χ1v) is 13.8. The maximum Gasteiger partial charge on any atom is 0.512 e. The largest absolute Gasteiger partial charge is 0.512 e. The number of aromatic amines is 1. The Morgan fingerprint density at radius 1 is 0.850 bits per heavy atom. The predicted molar refractivity (Wildman–Crippen MR) is 160 cm³/mol. The SMILES string of the molecule is CN1CCN(c2ccccc2-c2cccc3c(CCCOc4cccc5ccccc45)c(OC(=O)O)[nH]c23)CC1. The minimum atomic E-state index is -1.33. The minimum absolute atomic E-state index is 0.275. The molecule has 7 nitrogen and oxygen atoms in total. The van der Waals surface area contributed by atoms with Crippen molar-refractivity contribution < 1.29 is 19.4 Å². The van der Waals surface area contributed by atoms with Gasteiger partial charge in [-0.1, -0.05) is 72.8 Å². The fourth-order valence-corrected chi connectivity index (χ4v) is 5.67. The molecule has 2 N–H and O–H groups in total. The number of nitrogens with zero attached hydrogens (tertiary/aromatic N) is 2. The van der Waals surface area contributed by atoms with E-state index >= 15 is 0 Å². The molecule has 0 bridgehead atoms. The summed E-state index contributed by atoms with van der Waals surface area (Å²) in [5, 5.41) is 12.7. The van der Waals surface area contributed by atoms with Gasteiger partial charge in [-0.2, -0.15) is 0 Å². The third kappa shape index (κ3) is 5.20. The topological polar surface area (TPSA) is 78.0 Å². The number of likely N-dealkylation sites (N-methyl/N-ethyl adjacent to an activating group) is 1. The van der Waals surface area contributed by atoms with E-state index in [0.717, 1.165) is 70.3 Å². The van der Waals surface area contributed by atoms with Crippen molar-refractivity contribution in [2.45, 2.75) is 12.8 Å². The first-order chi connectivity index (χ1) is 19.6. The Labute approximate surface area is 233 Å². The number of ether oxygens (including phenoxy) is 2. The second-order valence-corrected chi connectivity index (χ2v) is 10.3. The van der Waals surface area contributed by atoms with E-state index in [1.54, 1.807) is 0 Å². The molecule has 2 heterocycles. The lowest BCUT2D eigenvalue weighted by molar-refractivity contribution is 0.142. The van der Waals surface area contributed by atoms with Gasteiger partial charge in [-0.05, 0) is 37.4 Å². The van der Waals surface area contributed by atoms with E-state index in [1.165, 1.54) is 5.69 Å². The third-order valence-corrected chi connectivity index (χ3v) is 7.71. The van der Waals surface area contributed by atoms with Crippen LogP contribution in [0.4, 0.5) is 10.5 Å². The summed E-state index contributed by atoms with van der Waals surface area (Å²) in [7, 11) is 2.15. The van der Waals surface area contributed by atoms with Crippen LogP contribution in [-0.2, 0) is 6.42 Å². The molecule has 1 aromatic heterocycles. The molecule has 1 aliphatic heterocycles. The molecule has 1 fully saturated rings. The lowest BCUT2D eigenvalue weighted by atomic mass is 9.98. The van der Waals surface area contributed by atoms with Crippen molar-refractivity contribution >= 4 is 33.5 Å². The van der Waals surface area contributed by atoms with Crippen molar-refractivity contribution in [3.8, 4) is 22.8 Å². The number of hydrogen-bond acceptors (Lipinski definition) is 5. The molecule has 0 amide bonds. The van der Waals surface area contributed by atoms with E-state index < -0.39 is 6.16 Å². The summed E-state index contributed by atoms with van der Waals surface area (Å²) in [6.45, 7) is 4.46.